The third-order valence-electron chi connectivity index (χ3n) is 4.75. The molecule has 8 heteroatoms. The molecule has 7 nitrogen and oxygen atoms in total. The summed E-state index contributed by atoms with van der Waals surface area (Å²) < 4.78 is 1.73. The molecule has 0 bridgehead atoms. The molecule has 1 unspecified atom stereocenters. The monoisotopic (exact) mass is 393 g/mol. The number of aromatic nitrogens is 1. The number of halogens is 1. The van der Waals surface area contributed by atoms with Gasteiger partial charge in [-0.1, -0.05) is 31.9 Å². The van der Waals surface area contributed by atoms with Crippen LogP contribution in [0.4, 0.5) is 0 Å². The van der Waals surface area contributed by atoms with Crippen molar-refractivity contribution in [3.05, 3.63) is 35.0 Å². The number of carboxylic acids is 1. The zero-order valence-corrected chi connectivity index (χ0v) is 16.5. The van der Waals surface area contributed by atoms with Crippen LogP contribution in [0.3, 0.4) is 0 Å². The third-order valence-corrected chi connectivity index (χ3v) is 4.98. The number of nitrogens with one attached hydrogen (secondary N) is 2. The van der Waals surface area contributed by atoms with E-state index in [4.69, 9.17) is 16.7 Å². The molecule has 1 aromatic carbocycles. The molecule has 0 aliphatic heterocycles. The van der Waals surface area contributed by atoms with Gasteiger partial charge in [-0.15, -0.1) is 0 Å². The Bertz CT molecular complexity index is 877. The molecule has 27 heavy (non-hydrogen) atoms. The van der Waals surface area contributed by atoms with Gasteiger partial charge < -0.3 is 20.3 Å². The van der Waals surface area contributed by atoms with Crippen molar-refractivity contribution in [2.24, 2.45) is 13.0 Å². The normalized spacial score (nSPS) is 14.4. The van der Waals surface area contributed by atoms with E-state index in [1.165, 1.54) is 6.92 Å². The molecule has 1 aromatic heterocycles. The van der Waals surface area contributed by atoms with E-state index in [9.17, 15) is 14.4 Å². The van der Waals surface area contributed by atoms with Gasteiger partial charge >= 0.3 is 5.97 Å². The van der Waals surface area contributed by atoms with Crippen LogP contribution in [-0.4, -0.2) is 39.5 Å². The summed E-state index contributed by atoms with van der Waals surface area (Å²) in [6.45, 7) is 5.11. The van der Waals surface area contributed by atoms with Crippen molar-refractivity contribution >= 4 is 40.3 Å². The highest BCUT2D eigenvalue weighted by atomic mass is 35.5. The van der Waals surface area contributed by atoms with Gasteiger partial charge in [-0.25, -0.2) is 0 Å². The van der Waals surface area contributed by atoms with Crippen LogP contribution < -0.4 is 10.6 Å². The molecule has 1 heterocycles. The van der Waals surface area contributed by atoms with Gasteiger partial charge in [0, 0.05) is 23.0 Å². The maximum absolute atomic E-state index is 12.8. The highest BCUT2D eigenvalue weighted by molar-refractivity contribution is 6.31. The van der Waals surface area contributed by atoms with Crippen LogP contribution in [0.2, 0.25) is 5.02 Å². The van der Waals surface area contributed by atoms with E-state index in [0.717, 1.165) is 10.9 Å². The Morgan fingerprint density at radius 1 is 1.19 bits per heavy atom. The number of carbonyl (C=O) groups excluding carboxylic acids is 2. The van der Waals surface area contributed by atoms with E-state index in [0.29, 0.717) is 17.1 Å². The van der Waals surface area contributed by atoms with Gasteiger partial charge in [-0.3, -0.25) is 14.4 Å². The standard InChI is InChI=1S/C19H24ClN3O4/c1-5-10(2)16(18(25)21-11(3)19(26)27)22-17(24)15-9-12-8-13(20)6-7-14(12)23(15)4/h6-11,16H,5H2,1-4H3,(H,21,25)(H,22,24)(H,26,27)/t10?,11-,16-/m0/s1. The zero-order valence-electron chi connectivity index (χ0n) is 15.7. The largest absolute Gasteiger partial charge is 0.480 e. The number of nitrogens with zero attached hydrogens (tertiary/aromatic N) is 1. The first kappa shape index (κ1) is 20.8. The number of benzene rings is 1. The average Bonchev–Trinajstić information content (AvgIpc) is 2.94. The second-order valence-electron chi connectivity index (χ2n) is 6.70. The average molecular weight is 394 g/mol. The van der Waals surface area contributed by atoms with Gasteiger partial charge in [0.1, 0.15) is 17.8 Å². The van der Waals surface area contributed by atoms with E-state index >= 15 is 0 Å². The van der Waals surface area contributed by atoms with Crippen molar-refractivity contribution in [3.8, 4) is 0 Å². The molecule has 2 amide bonds. The fourth-order valence-corrected chi connectivity index (χ4v) is 3.00. The number of rotatable bonds is 7. The third kappa shape index (κ3) is 4.60. The number of fused-ring (bicyclic) bond motifs is 1. The van der Waals surface area contributed by atoms with Gasteiger partial charge in [-0.2, -0.15) is 0 Å². The molecule has 0 aliphatic rings. The fraction of sp³-hybridized carbons (Fsp3) is 0.421. The second kappa shape index (κ2) is 8.43. The number of hydrogen-bond donors (Lipinski definition) is 3. The molecular weight excluding hydrogens is 370 g/mol. The van der Waals surface area contributed by atoms with E-state index in [2.05, 4.69) is 10.6 Å². The van der Waals surface area contributed by atoms with Crippen molar-refractivity contribution in [1.82, 2.24) is 15.2 Å². The summed E-state index contributed by atoms with van der Waals surface area (Å²) in [5.41, 5.74) is 1.23. The Balaban J connectivity index is 2.27. The highest BCUT2D eigenvalue weighted by Gasteiger charge is 2.29. The maximum Gasteiger partial charge on any atom is 0.325 e. The van der Waals surface area contributed by atoms with Gasteiger partial charge in [0.2, 0.25) is 5.91 Å². The summed E-state index contributed by atoms with van der Waals surface area (Å²) in [5.74, 6) is -2.23. The highest BCUT2D eigenvalue weighted by Crippen LogP contribution is 2.23. The molecule has 0 radical (unpaired) electrons. The predicted molar refractivity (Wildman–Crippen MR) is 104 cm³/mol. The Morgan fingerprint density at radius 2 is 1.85 bits per heavy atom. The van der Waals surface area contributed by atoms with Gasteiger partial charge in [0.15, 0.2) is 0 Å². The van der Waals surface area contributed by atoms with Crippen LogP contribution >= 0.6 is 11.6 Å². The van der Waals surface area contributed by atoms with Gasteiger partial charge in [-0.05, 0) is 37.1 Å². The molecule has 0 aliphatic carbocycles. The molecule has 0 saturated carbocycles. The lowest BCUT2D eigenvalue weighted by molar-refractivity contribution is -0.141. The van der Waals surface area contributed by atoms with Crippen molar-refractivity contribution < 1.29 is 19.5 Å². The Labute approximate surface area is 162 Å². The van der Waals surface area contributed by atoms with E-state index in [1.807, 2.05) is 19.9 Å². The Hall–Kier alpha value is -2.54. The topological polar surface area (TPSA) is 100 Å². The molecule has 0 spiro atoms. The molecule has 3 N–H and O–H groups in total. The van der Waals surface area contributed by atoms with Crippen molar-refractivity contribution in [2.45, 2.75) is 39.3 Å². The molecule has 3 atom stereocenters. The smallest absolute Gasteiger partial charge is 0.325 e. The second-order valence-corrected chi connectivity index (χ2v) is 7.13. The number of aliphatic carboxylic acids is 1. The van der Waals surface area contributed by atoms with Crippen molar-refractivity contribution in [3.63, 3.8) is 0 Å². The maximum atomic E-state index is 12.8. The quantitative estimate of drug-likeness (QED) is 0.673. The van der Waals surface area contributed by atoms with E-state index < -0.39 is 29.9 Å². The first-order valence-electron chi connectivity index (χ1n) is 8.74. The van der Waals surface area contributed by atoms with Crippen LogP contribution in [0.25, 0.3) is 10.9 Å². The lowest BCUT2D eigenvalue weighted by Gasteiger charge is -2.24. The summed E-state index contributed by atoms with van der Waals surface area (Å²) >= 11 is 6.01. The Morgan fingerprint density at radius 3 is 2.44 bits per heavy atom. The van der Waals surface area contributed by atoms with E-state index in [-0.39, 0.29) is 5.92 Å². The first-order valence-corrected chi connectivity index (χ1v) is 9.12. The van der Waals surface area contributed by atoms with Crippen LogP contribution in [0.1, 0.15) is 37.7 Å². The molecule has 0 saturated heterocycles. The summed E-state index contributed by atoms with van der Waals surface area (Å²) in [4.78, 5) is 36.3. The minimum Gasteiger partial charge on any atom is -0.480 e. The predicted octanol–water partition coefficient (Wildman–Crippen LogP) is 2.57. The summed E-state index contributed by atoms with van der Waals surface area (Å²) in [6, 6.07) is 5.16. The Kier molecular flexibility index (Phi) is 6.49. The number of aryl methyl sites for hydroxylation is 1. The minimum atomic E-state index is -1.14. The number of carboxylic acid groups (broad SMARTS) is 1. The summed E-state index contributed by atoms with van der Waals surface area (Å²) in [7, 11) is 1.76. The van der Waals surface area contributed by atoms with Crippen LogP contribution in [-0.2, 0) is 16.6 Å². The number of amides is 2. The molecule has 146 valence electrons. The fourth-order valence-electron chi connectivity index (χ4n) is 2.82. The first-order chi connectivity index (χ1) is 12.6. The molecule has 0 fully saturated rings. The van der Waals surface area contributed by atoms with Crippen LogP contribution in [0.5, 0.6) is 0 Å². The van der Waals surface area contributed by atoms with Crippen molar-refractivity contribution in [2.75, 3.05) is 0 Å². The lowest BCUT2D eigenvalue weighted by atomic mass is 9.98. The summed E-state index contributed by atoms with van der Waals surface area (Å²) in [6.07, 6.45) is 0.643. The van der Waals surface area contributed by atoms with Crippen molar-refractivity contribution in [1.29, 1.82) is 0 Å². The zero-order chi connectivity index (χ0) is 20.3. The van der Waals surface area contributed by atoms with E-state index in [1.54, 1.807) is 29.8 Å². The van der Waals surface area contributed by atoms with Crippen LogP contribution in [0.15, 0.2) is 24.3 Å². The van der Waals surface area contributed by atoms with Gasteiger partial charge in [0.25, 0.3) is 5.91 Å². The minimum absolute atomic E-state index is 0.168. The SMILES string of the molecule is CCC(C)[C@H](NC(=O)c1cc2cc(Cl)ccc2n1C)C(=O)N[C@@H](C)C(=O)O. The van der Waals surface area contributed by atoms with Gasteiger partial charge in [0.05, 0.1) is 0 Å². The van der Waals surface area contributed by atoms with Crippen LogP contribution in [0, 0.1) is 5.92 Å². The summed E-state index contributed by atoms with van der Waals surface area (Å²) in [5, 5.41) is 15.5. The number of carbonyl (C=O) groups is 3. The molecule has 2 aromatic rings. The molecule has 2 rings (SSSR count). The molecular formula is C19H24ClN3O4. The lowest BCUT2D eigenvalue weighted by Crippen LogP contribution is -2.53. The number of hydrogen-bond acceptors (Lipinski definition) is 3.